The van der Waals surface area contributed by atoms with Gasteiger partial charge in [-0.1, -0.05) is 0 Å². The van der Waals surface area contributed by atoms with Gasteiger partial charge in [-0.3, -0.25) is 4.79 Å². The largest absolute Gasteiger partial charge is 0.428 e. The lowest BCUT2D eigenvalue weighted by atomic mass is 10.3. The molecule has 1 unspecified atom stereocenters. The van der Waals surface area contributed by atoms with Crippen LogP contribution < -0.4 is 4.90 Å². The molecule has 1 aliphatic heterocycles. The maximum absolute atomic E-state index is 13.2. The van der Waals surface area contributed by atoms with Crippen LogP contribution in [0.15, 0.2) is 12.7 Å². The van der Waals surface area contributed by atoms with Crippen LogP contribution in [0.3, 0.4) is 0 Å². The van der Waals surface area contributed by atoms with Crippen LogP contribution in [-0.4, -0.2) is 69.3 Å². The SMILES string of the molecule is O=C(C(F)C(F)(F)F)N1CCCN(c2ncnc3nc[nH]c23)CC1. The third-order valence-electron chi connectivity index (χ3n) is 3.81. The number of fused-ring (bicyclic) bond motifs is 1. The number of aromatic amines is 1. The molecule has 0 saturated carbocycles. The molecular weight excluding hydrogens is 332 g/mol. The van der Waals surface area contributed by atoms with E-state index in [0.717, 1.165) is 4.90 Å². The number of alkyl halides is 4. The van der Waals surface area contributed by atoms with Gasteiger partial charge in [0.05, 0.1) is 6.33 Å². The Labute approximate surface area is 133 Å². The molecule has 0 aliphatic carbocycles. The van der Waals surface area contributed by atoms with Gasteiger partial charge in [-0.15, -0.1) is 0 Å². The quantitative estimate of drug-likeness (QED) is 0.829. The first-order chi connectivity index (χ1) is 11.4. The van der Waals surface area contributed by atoms with E-state index in [4.69, 9.17) is 0 Å². The van der Waals surface area contributed by atoms with E-state index in [1.807, 2.05) is 4.90 Å². The number of nitrogens with zero attached hydrogens (tertiary/aromatic N) is 5. The first-order valence-corrected chi connectivity index (χ1v) is 7.26. The van der Waals surface area contributed by atoms with Crippen LogP contribution in [0.25, 0.3) is 11.2 Å². The van der Waals surface area contributed by atoms with Gasteiger partial charge in [-0.25, -0.2) is 19.3 Å². The number of hydrogen-bond acceptors (Lipinski definition) is 5. The number of nitrogens with one attached hydrogen (secondary N) is 1. The number of amides is 1. The second-order valence-electron chi connectivity index (χ2n) is 5.37. The maximum Gasteiger partial charge on any atom is 0.428 e. The van der Waals surface area contributed by atoms with Gasteiger partial charge in [0.2, 0.25) is 0 Å². The average Bonchev–Trinajstić information content (AvgIpc) is 2.89. The lowest BCUT2D eigenvalue weighted by Gasteiger charge is -2.24. The van der Waals surface area contributed by atoms with Crippen LogP contribution in [-0.2, 0) is 4.79 Å². The van der Waals surface area contributed by atoms with E-state index < -0.39 is 18.3 Å². The standard InChI is InChI=1S/C13H14F4N6O/c14-9(13(15,16)17)12(24)23-3-1-2-22(4-5-23)11-8-10(19-6-18-8)20-7-21-11/h6-7,9H,1-5H2,(H,18,19,20,21). The van der Waals surface area contributed by atoms with Crippen molar-refractivity contribution in [3.05, 3.63) is 12.7 Å². The predicted octanol–water partition coefficient (Wildman–Crippen LogP) is 1.29. The van der Waals surface area contributed by atoms with Crippen molar-refractivity contribution in [1.82, 2.24) is 24.8 Å². The second-order valence-corrected chi connectivity index (χ2v) is 5.37. The number of anilines is 1. The Kier molecular flexibility index (Phi) is 4.24. The van der Waals surface area contributed by atoms with Crippen molar-refractivity contribution in [1.29, 1.82) is 0 Å². The summed E-state index contributed by atoms with van der Waals surface area (Å²) in [6.07, 6.45) is -5.46. The van der Waals surface area contributed by atoms with Gasteiger partial charge in [0.1, 0.15) is 11.8 Å². The van der Waals surface area contributed by atoms with Crippen LogP contribution in [0, 0.1) is 0 Å². The molecule has 0 radical (unpaired) electrons. The highest BCUT2D eigenvalue weighted by atomic mass is 19.4. The molecule has 11 heteroatoms. The first kappa shape index (κ1) is 16.4. The zero-order chi connectivity index (χ0) is 17.3. The minimum atomic E-state index is -5.18. The van der Waals surface area contributed by atoms with Gasteiger partial charge < -0.3 is 14.8 Å². The normalized spacial score (nSPS) is 17.8. The average molecular weight is 346 g/mol. The molecule has 0 spiro atoms. The molecule has 7 nitrogen and oxygen atoms in total. The van der Waals surface area contributed by atoms with Crippen molar-refractivity contribution in [2.45, 2.75) is 18.8 Å². The highest BCUT2D eigenvalue weighted by Crippen LogP contribution is 2.26. The van der Waals surface area contributed by atoms with Crippen molar-refractivity contribution < 1.29 is 22.4 Å². The highest BCUT2D eigenvalue weighted by Gasteiger charge is 2.47. The third kappa shape index (κ3) is 3.10. The van der Waals surface area contributed by atoms with E-state index in [0.29, 0.717) is 29.9 Å². The van der Waals surface area contributed by atoms with Crippen molar-refractivity contribution in [3.8, 4) is 0 Å². The Balaban J connectivity index is 1.74. The fraction of sp³-hybridized carbons (Fsp3) is 0.538. The summed E-state index contributed by atoms with van der Waals surface area (Å²) in [5.74, 6) is -0.988. The summed E-state index contributed by atoms with van der Waals surface area (Å²) in [7, 11) is 0. The van der Waals surface area contributed by atoms with Gasteiger partial charge in [-0.2, -0.15) is 13.2 Å². The molecular formula is C13H14F4N6O. The smallest absolute Gasteiger partial charge is 0.353 e. The van der Waals surface area contributed by atoms with Crippen LogP contribution in [0.4, 0.5) is 23.4 Å². The lowest BCUT2D eigenvalue weighted by Crippen LogP contribution is -2.45. The molecule has 0 bridgehead atoms. The van der Waals surface area contributed by atoms with Crippen molar-refractivity contribution in [3.63, 3.8) is 0 Å². The zero-order valence-electron chi connectivity index (χ0n) is 12.4. The summed E-state index contributed by atoms with van der Waals surface area (Å²) in [4.78, 5) is 29.5. The Morgan fingerprint density at radius 2 is 1.96 bits per heavy atom. The number of hydrogen-bond donors (Lipinski definition) is 1. The summed E-state index contributed by atoms with van der Waals surface area (Å²) in [6.45, 7) is 0.747. The van der Waals surface area contributed by atoms with Gasteiger partial charge in [0.25, 0.3) is 12.1 Å². The summed E-state index contributed by atoms with van der Waals surface area (Å²) in [5.41, 5.74) is 1.08. The van der Waals surface area contributed by atoms with E-state index in [-0.39, 0.29) is 19.6 Å². The first-order valence-electron chi connectivity index (χ1n) is 7.26. The van der Waals surface area contributed by atoms with Crippen LogP contribution >= 0.6 is 0 Å². The van der Waals surface area contributed by atoms with E-state index in [1.54, 1.807) is 0 Å². The Morgan fingerprint density at radius 3 is 2.71 bits per heavy atom. The topological polar surface area (TPSA) is 78.0 Å². The van der Waals surface area contributed by atoms with Crippen molar-refractivity contribution in [2.75, 3.05) is 31.1 Å². The van der Waals surface area contributed by atoms with E-state index in [2.05, 4.69) is 19.9 Å². The fourth-order valence-electron chi connectivity index (χ4n) is 2.64. The molecule has 1 saturated heterocycles. The maximum atomic E-state index is 13.2. The molecule has 1 N–H and O–H groups in total. The Morgan fingerprint density at radius 1 is 1.17 bits per heavy atom. The fourth-order valence-corrected chi connectivity index (χ4v) is 2.64. The minimum absolute atomic E-state index is 0.0189. The molecule has 24 heavy (non-hydrogen) atoms. The number of H-pyrrole nitrogens is 1. The molecule has 1 atom stereocenters. The van der Waals surface area contributed by atoms with Gasteiger partial charge in [-0.05, 0) is 6.42 Å². The Bertz CT molecular complexity index is 733. The monoisotopic (exact) mass is 346 g/mol. The minimum Gasteiger partial charge on any atom is -0.353 e. The molecule has 1 fully saturated rings. The van der Waals surface area contributed by atoms with Gasteiger partial charge >= 0.3 is 6.18 Å². The number of carbonyl (C=O) groups is 1. The zero-order valence-corrected chi connectivity index (χ0v) is 12.4. The van der Waals surface area contributed by atoms with Crippen LogP contribution in [0.2, 0.25) is 0 Å². The number of halogens is 4. The number of imidazole rings is 1. The number of rotatable bonds is 2. The molecule has 2 aromatic rings. The van der Waals surface area contributed by atoms with Crippen molar-refractivity contribution in [2.24, 2.45) is 0 Å². The molecule has 3 heterocycles. The van der Waals surface area contributed by atoms with Gasteiger partial charge in [0.15, 0.2) is 11.5 Å². The Hall–Kier alpha value is -2.46. The third-order valence-corrected chi connectivity index (χ3v) is 3.81. The summed E-state index contributed by atoms with van der Waals surface area (Å²) in [5, 5.41) is 0. The molecule has 3 rings (SSSR count). The van der Waals surface area contributed by atoms with Gasteiger partial charge in [0, 0.05) is 26.2 Å². The lowest BCUT2D eigenvalue weighted by molar-refractivity contribution is -0.192. The summed E-state index contributed by atoms with van der Waals surface area (Å²) >= 11 is 0. The molecule has 2 aromatic heterocycles. The molecule has 130 valence electrons. The van der Waals surface area contributed by atoms with Crippen LogP contribution in [0.1, 0.15) is 6.42 Å². The van der Waals surface area contributed by atoms with Crippen molar-refractivity contribution >= 4 is 22.9 Å². The van der Waals surface area contributed by atoms with Crippen LogP contribution in [0.5, 0.6) is 0 Å². The molecule has 0 aromatic carbocycles. The van der Waals surface area contributed by atoms with E-state index >= 15 is 0 Å². The predicted molar refractivity (Wildman–Crippen MR) is 76.0 cm³/mol. The van der Waals surface area contributed by atoms with E-state index in [1.165, 1.54) is 12.7 Å². The summed E-state index contributed by atoms with van der Waals surface area (Å²) in [6, 6.07) is 0. The number of carbonyl (C=O) groups excluding carboxylic acids is 1. The summed E-state index contributed by atoms with van der Waals surface area (Å²) < 4.78 is 50.4. The number of aromatic nitrogens is 4. The highest BCUT2D eigenvalue weighted by molar-refractivity contribution is 5.83. The van der Waals surface area contributed by atoms with E-state index in [9.17, 15) is 22.4 Å². The molecule has 1 amide bonds. The second kappa shape index (κ2) is 6.21. The molecule has 1 aliphatic rings.